The molecular formula is C19H22ClNO3. The van der Waals surface area contributed by atoms with Crippen molar-refractivity contribution in [1.29, 1.82) is 0 Å². The number of carbonyl (C=O) groups is 1. The summed E-state index contributed by atoms with van der Waals surface area (Å²) >= 11 is 5.72. The van der Waals surface area contributed by atoms with Crippen LogP contribution in [0, 0.1) is 6.92 Å². The largest absolute Gasteiger partial charge is 0.479 e. The van der Waals surface area contributed by atoms with Gasteiger partial charge in [0, 0.05) is 11.8 Å². The van der Waals surface area contributed by atoms with Crippen molar-refractivity contribution in [1.82, 2.24) is 4.98 Å². The van der Waals surface area contributed by atoms with E-state index in [4.69, 9.17) is 21.1 Å². The fourth-order valence-electron chi connectivity index (χ4n) is 2.39. The highest BCUT2D eigenvalue weighted by Gasteiger charge is 2.17. The summed E-state index contributed by atoms with van der Waals surface area (Å²) in [5.41, 5.74) is 3.19. The van der Waals surface area contributed by atoms with Gasteiger partial charge in [0.05, 0.1) is 0 Å². The first kappa shape index (κ1) is 18.3. The first-order valence-electron chi connectivity index (χ1n) is 7.91. The van der Waals surface area contributed by atoms with E-state index >= 15 is 0 Å². The summed E-state index contributed by atoms with van der Waals surface area (Å²) in [6.45, 7) is 8.15. The Morgan fingerprint density at radius 2 is 1.96 bits per heavy atom. The zero-order chi connectivity index (χ0) is 17.7. The molecule has 1 aromatic carbocycles. The van der Waals surface area contributed by atoms with Crippen LogP contribution in [0.1, 0.15) is 43.4 Å². The first-order valence-corrected chi connectivity index (χ1v) is 8.29. The van der Waals surface area contributed by atoms with Gasteiger partial charge >= 0.3 is 5.97 Å². The Kier molecular flexibility index (Phi) is 6.21. The summed E-state index contributed by atoms with van der Waals surface area (Å²) in [5.74, 6) is 0.694. The molecule has 2 rings (SSSR count). The number of aromatic nitrogens is 1. The zero-order valence-electron chi connectivity index (χ0n) is 14.4. The predicted molar refractivity (Wildman–Crippen MR) is 94.4 cm³/mol. The Morgan fingerprint density at radius 1 is 1.21 bits per heavy atom. The summed E-state index contributed by atoms with van der Waals surface area (Å²) in [6, 6.07) is 9.29. The van der Waals surface area contributed by atoms with Crippen LogP contribution in [0.2, 0.25) is 5.15 Å². The molecule has 0 N–H and O–H groups in total. The average molecular weight is 348 g/mol. The highest BCUT2D eigenvalue weighted by atomic mass is 35.5. The molecule has 0 spiro atoms. The Bertz CT molecular complexity index is 698. The second-order valence-corrected chi connectivity index (χ2v) is 6.42. The molecule has 0 aliphatic rings. The van der Waals surface area contributed by atoms with Crippen molar-refractivity contribution in [2.24, 2.45) is 0 Å². The van der Waals surface area contributed by atoms with Gasteiger partial charge in [-0.3, -0.25) is 0 Å². The van der Waals surface area contributed by atoms with E-state index in [1.165, 1.54) is 5.56 Å². The number of rotatable bonds is 6. The van der Waals surface area contributed by atoms with Crippen molar-refractivity contribution in [3.05, 3.63) is 58.4 Å². The van der Waals surface area contributed by atoms with Crippen LogP contribution in [0.4, 0.5) is 0 Å². The highest BCUT2D eigenvalue weighted by Crippen LogP contribution is 2.24. The van der Waals surface area contributed by atoms with Crippen molar-refractivity contribution >= 4 is 17.6 Å². The minimum Gasteiger partial charge on any atom is -0.479 e. The molecule has 1 unspecified atom stereocenters. The van der Waals surface area contributed by atoms with E-state index in [0.717, 1.165) is 11.1 Å². The molecule has 0 saturated carbocycles. The molecule has 4 nitrogen and oxygen atoms in total. The number of aryl methyl sites for hydroxylation is 1. The molecule has 0 bridgehead atoms. The fraction of sp³-hybridized carbons (Fsp3) is 0.368. The molecule has 0 aliphatic heterocycles. The van der Waals surface area contributed by atoms with Crippen LogP contribution in [-0.4, -0.2) is 17.1 Å². The molecule has 0 radical (unpaired) electrons. The van der Waals surface area contributed by atoms with E-state index in [1.807, 2.05) is 25.1 Å². The van der Waals surface area contributed by atoms with E-state index in [9.17, 15) is 4.79 Å². The fourth-order valence-corrected chi connectivity index (χ4v) is 2.50. The van der Waals surface area contributed by atoms with Gasteiger partial charge in [-0.25, -0.2) is 9.78 Å². The monoisotopic (exact) mass is 347 g/mol. The number of hydrogen-bond donors (Lipinski definition) is 0. The smallest absolute Gasteiger partial charge is 0.347 e. The molecule has 1 atom stereocenters. The SMILES string of the molecule is Cc1cc(OC(C)C(=O)OCc2ccc(Cl)nc2)ccc1C(C)C. The molecule has 5 heteroatoms. The molecular weight excluding hydrogens is 326 g/mol. The average Bonchev–Trinajstić information content (AvgIpc) is 2.53. The summed E-state index contributed by atoms with van der Waals surface area (Å²) in [5, 5.41) is 0.405. The second-order valence-electron chi connectivity index (χ2n) is 6.03. The van der Waals surface area contributed by atoms with Crippen LogP contribution >= 0.6 is 11.6 Å². The summed E-state index contributed by atoms with van der Waals surface area (Å²) < 4.78 is 10.9. The van der Waals surface area contributed by atoms with E-state index in [2.05, 4.69) is 18.8 Å². The number of benzene rings is 1. The Balaban J connectivity index is 1.91. The van der Waals surface area contributed by atoms with Crippen molar-refractivity contribution in [2.75, 3.05) is 0 Å². The molecule has 1 aromatic heterocycles. The molecule has 0 amide bonds. The van der Waals surface area contributed by atoms with Gasteiger partial charge in [-0.05, 0) is 49.1 Å². The number of esters is 1. The third-order valence-corrected chi connectivity index (χ3v) is 3.90. The predicted octanol–water partition coefficient (Wildman–Crippen LogP) is 4.68. The third kappa shape index (κ3) is 4.96. The minimum atomic E-state index is -0.686. The van der Waals surface area contributed by atoms with Gasteiger partial charge in [-0.1, -0.05) is 37.6 Å². The van der Waals surface area contributed by atoms with Gasteiger partial charge < -0.3 is 9.47 Å². The van der Waals surface area contributed by atoms with Crippen LogP contribution in [0.5, 0.6) is 5.75 Å². The number of carbonyl (C=O) groups excluding carboxylic acids is 1. The van der Waals surface area contributed by atoms with Crippen molar-refractivity contribution < 1.29 is 14.3 Å². The van der Waals surface area contributed by atoms with Gasteiger partial charge in [0.25, 0.3) is 0 Å². The van der Waals surface area contributed by atoms with Crippen LogP contribution in [0.3, 0.4) is 0 Å². The Morgan fingerprint density at radius 3 is 2.54 bits per heavy atom. The molecule has 0 fully saturated rings. The first-order chi connectivity index (χ1) is 11.4. The molecule has 0 aliphatic carbocycles. The standard InChI is InChI=1S/C19H22ClNO3/c1-12(2)17-7-6-16(9-13(17)3)24-14(4)19(22)23-11-15-5-8-18(20)21-10-15/h5-10,12,14H,11H2,1-4H3. The lowest BCUT2D eigenvalue weighted by atomic mass is 9.98. The van der Waals surface area contributed by atoms with Gasteiger partial charge in [0.2, 0.25) is 0 Å². The van der Waals surface area contributed by atoms with Crippen molar-refractivity contribution in [3.8, 4) is 5.75 Å². The molecule has 24 heavy (non-hydrogen) atoms. The van der Waals surface area contributed by atoms with Crippen molar-refractivity contribution in [3.63, 3.8) is 0 Å². The maximum absolute atomic E-state index is 12.1. The van der Waals surface area contributed by atoms with E-state index in [0.29, 0.717) is 16.8 Å². The van der Waals surface area contributed by atoms with Crippen LogP contribution in [0.15, 0.2) is 36.5 Å². The highest BCUT2D eigenvalue weighted by molar-refractivity contribution is 6.29. The summed E-state index contributed by atoms with van der Waals surface area (Å²) in [6.07, 6.45) is 0.893. The number of ether oxygens (including phenoxy) is 2. The quantitative estimate of drug-likeness (QED) is 0.562. The zero-order valence-corrected chi connectivity index (χ0v) is 15.1. The molecule has 1 heterocycles. The maximum Gasteiger partial charge on any atom is 0.347 e. The normalized spacial score (nSPS) is 12.1. The van der Waals surface area contributed by atoms with Crippen LogP contribution in [-0.2, 0) is 16.1 Å². The van der Waals surface area contributed by atoms with Crippen molar-refractivity contribution in [2.45, 2.75) is 46.3 Å². The number of halogens is 1. The molecule has 128 valence electrons. The lowest BCUT2D eigenvalue weighted by Crippen LogP contribution is -2.26. The van der Waals surface area contributed by atoms with E-state index in [1.54, 1.807) is 25.3 Å². The minimum absolute atomic E-state index is 0.141. The Hall–Kier alpha value is -2.07. The van der Waals surface area contributed by atoms with Gasteiger partial charge in [0.1, 0.15) is 17.5 Å². The number of pyridine rings is 1. The second kappa shape index (κ2) is 8.15. The van der Waals surface area contributed by atoms with Gasteiger partial charge in [-0.2, -0.15) is 0 Å². The maximum atomic E-state index is 12.1. The third-order valence-electron chi connectivity index (χ3n) is 3.68. The Labute approximate surface area is 147 Å². The van der Waals surface area contributed by atoms with Crippen LogP contribution < -0.4 is 4.74 Å². The van der Waals surface area contributed by atoms with E-state index in [-0.39, 0.29) is 6.61 Å². The van der Waals surface area contributed by atoms with Crippen LogP contribution in [0.25, 0.3) is 0 Å². The lowest BCUT2D eigenvalue weighted by Gasteiger charge is -2.16. The van der Waals surface area contributed by atoms with Gasteiger partial charge in [-0.15, -0.1) is 0 Å². The lowest BCUT2D eigenvalue weighted by molar-refractivity contribution is -0.152. The molecule has 2 aromatic rings. The number of hydrogen-bond acceptors (Lipinski definition) is 4. The topological polar surface area (TPSA) is 48.4 Å². The van der Waals surface area contributed by atoms with Gasteiger partial charge in [0.15, 0.2) is 6.10 Å². The summed E-state index contributed by atoms with van der Waals surface area (Å²) in [4.78, 5) is 16.0. The number of nitrogens with zero attached hydrogens (tertiary/aromatic N) is 1. The van der Waals surface area contributed by atoms with E-state index < -0.39 is 12.1 Å². The summed E-state index contributed by atoms with van der Waals surface area (Å²) in [7, 11) is 0. The molecule has 0 saturated heterocycles.